The lowest BCUT2D eigenvalue weighted by Gasteiger charge is -2.07. The van der Waals surface area contributed by atoms with Crippen LogP contribution in [0, 0.1) is 5.92 Å². The van der Waals surface area contributed by atoms with Crippen LogP contribution in [-0.4, -0.2) is 40.9 Å². The molecule has 2 N–H and O–H groups in total. The summed E-state index contributed by atoms with van der Waals surface area (Å²) in [5, 5.41) is 11.0. The topological polar surface area (TPSA) is 104 Å². The third-order valence-corrected chi connectivity index (χ3v) is 3.61. The standard InChI is InChI=1S/C7H15N5O2S/c1-6(3-8)4-15(13,14)5-7-9-11-12(2)10-7/h6H,3-5,8H2,1-2H3. The first kappa shape index (κ1) is 12.1. The monoisotopic (exact) mass is 233 g/mol. The molecule has 0 fully saturated rings. The van der Waals surface area contributed by atoms with Crippen LogP contribution in [0.25, 0.3) is 0 Å². The van der Waals surface area contributed by atoms with Crippen LogP contribution in [-0.2, 0) is 22.6 Å². The summed E-state index contributed by atoms with van der Waals surface area (Å²) in [4.78, 5) is 1.23. The third kappa shape index (κ3) is 3.92. The van der Waals surface area contributed by atoms with Crippen LogP contribution in [0.2, 0.25) is 0 Å². The molecule has 0 aliphatic heterocycles. The summed E-state index contributed by atoms with van der Waals surface area (Å²) < 4.78 is 23.2. The van der Waals surface area contributed by atoms with Crippen molar-refractivity contribution in [2.75, 3.05) is 12.3 Å². The number of nitrogens with zero attached hydrogens (tertiary/aromatic N) is 4. The average Bonchev–Trinajstić information content (AvgIpc) is 2.49. The summed E-state index contributed by atoms with van der Waals surface area (Å²) in [5.41, 5.74) is 5.36. The Morgan fingerprint density at radius 3 is 2.67 bits per heavy atom. The van der Waals surface area contributed by atoms with Crippen LogP contribution in [0.1, 0.15) is 12.7 Å². The first-order valence-corrected chi connectivity index (χ1v) is 6.38. The summed E-state index contributed by atoms with van der Waals surface area (Å²) in [6.07, 6.45) is 0. The third-order valence-electron chi connectivity index (χ3n) is 1.84. The van der Waals surface area contributed by atoms with Crippen molar-refractivity contribution >= 4 is 9.84 Å². The molecule has 0 aliphatic carbocycles. The molecule has 7 nitrogen and oxygen atoms in total. The number of tetrazole rings is 1. The summed E-state index contributed by atoms with van der Waals surface area (Å²) in [6.45, 7) is 2.15. The molecule has 0 bridgehead atoms. The molecule has 86 valence electrons. The zero-order valence-electron chi connectivity index (χ0n) is 8.79. The second kappa shape index (κ2) is 4.67. The van der Waals surface area contributed by atoms with E-state index >= 15 is 0 Å². The zero-order valence-corrected chi connectivity index (χ0v) is 9.61. The highest BCUT2D eigenvalue weighted by molar-refractivity contribution is 7.90. The molecular formula is C7H15N5O2S. The minimum absolute atomic E-state index is 0.0494. The molecule has 0 aliphatic rings. The van der Waals surface area contributed by atoms with E-state index in [9.17, 15) is 8.42 Å². The molecule has 15 heavy (non-hydrogen) atoms. The first-order chi connectivity index (χ1) is 6.93. The Kier molecular flexibility index (Phi) is 3.75. The molecule has 0 radical (unpaired) electrons. The number of nitrogens with two attached hydrogens (primary N) is 1. The van der Waals surface area contributed by atoms with Crippen molar-refractivity contribution in [3.05, 3.63) is 5.82 Å². The highest BCUT2D eigenvalue weighted by Gasteiger charge is 2.18. The lowest BCUT2D eigenvalue weighted by atomic mass is 10.2. The van der Waals surface area contributed by atoms with Crippen molar-refractivity contribution in [1.29, 1.82) is 0 Å². The van der Waals surface area contributed by atoms with Crippen LogP contribution in [0.4, 0.5) is 0 Å². The van der Waals surface area contributed by atoms with Gasteiger partial charge in [0.05, 0.1) is 12.8 Å². The van der Waals surface area contributed by atoms with Crippen LogP contribution in [0.15, 0.2) is 0 Å². The van der Waals surface area contributed by atoms with Gasteiger partial charge in [0.25, 0.3) is 0 Å². The van der Waals surface area contributed by atoms with Crippen molar-refractivity contribution in [1.82, 2.24) is 20.2 Å². The van der Waals surface area contributed by atoms with Crippen molar-refractivity contribution in [3.8, 4) is 0 Å². The number of hydrogen-bond donors (Lipinski definition) is 1. The maximum Gasteiger partial charge on any atom is 0.189 e. The van der Waals surface area contributed by atoms with Crippen LogP contribution >= 0.6 is 0 Å². The first-order valence-electron chi connectivity index (χ1n) is 4.56. The maximum atomic E-state index is 11.6. The number of aryl methyl sites for hydroxylation is 1. The van der Waals surface area contributed by atoms with E-state index in [0.717, 1.165) is 0 Å². The second-order valence-corrected chi connectivity index (χ2v) is 5.70. The maximum absolute atomic E-state index is 11.6. The van der Waals surface area contributed by atoms with Gasteiger partial charge in [-0.15, -0.1) is 10.2 Å². The zero-order chi connectivity index (χ0) is 11.5. The van der Waals surface area contributed by atoms with Crippen LogP contribution in [0.3, 0.4) is 0 Å². The van der Waals surface area contributed by atoms with Gasteiger partial charge in [0.15, 0.2) is 15.7 Å². The average molecular weight is 233 g/mol. The smallest absolute Gasteiger partial charge is 0.189 e. The lowest BCUT2D eigenvalue weighted by molar-refractivity contribution is 0.571. The molecule has 1 atom stereocenters. The highest BCUT2D eigenvalue weighted by atomic mass is 32.2. The fraction of sp³-hybridized carbons (Fsp3) is 0.857. The number of sulfone groups is 1. The molecule has 1 unspecified atom stereocenters. The van der Waals surface area contributed by atoms with Crippen molar-refractivity contribution in [2.24, 2.45) is 18.7 Å². The van der Waals surface area contributed by atoms with E-state index in [2.05, 4.69) is 15.4 Å². The largest absolute Gasteiger partial charge is 0.330 e. The second-order valence-electron chi connectivity index (χ2n) is 3.59. The van der Waals surface area contributed by atoms with Gasteiger partial charge in [-0.1, -0.05) is 6.92 Å². The molecule has 1 rings (SSSR count). The van der Waals surface area contributed by atoms with Crippen molar-refractivity contribution in [2.45, 2.75) is 12.7 Å². The lowest BCUT2D eigenvalue weighted by Crippen LogP contribution is -2.22. The Morgan fingerprint density at radius 1 is 1.53 bits per heavy atom. The summed E-state index contributed by atoms with van der Waals surface area (Å²) in [5.74, 6) is 0.0563. The van der Waals surface area contributed by atoms with E-state index in [1.807, 2.05) is 0 Å². The molecule has 0 saturated carbocycles. The van der Waals surface area contributed by atoms with E-state index in [4.69, 9.17) is 5.73 Å². The predicted octanol–water partition coefficient (Wildman–Crippen LogP) is -1.28. The number of aromatic nitrogens is 4. The molecule has 1 aromatic heterocycles. The van der Waals surface area contributed by atoms with E-state index in [1.165, 1.54) is 4.80 Å². The SMILES string of the molecule is CC(CN)CS(=O)(=O)Cc1nnn(C)n1. The minimum atomic E-state index is -3.19. The Balaban J connectivity index is 2.64. The van der Waals surface area contributed by atoms with Gasteiger partial charge < -0.3 is 5.73 Å². The van der Waals surface area contributed by atoms with Gasteiger partial charge in [-0.05, 0) is 17.7 Å². The van der Waals surface area contributed by atoms with E-state index in [-0.39, 0.29) is 23.2 Å². The Hall–Kier alpha value is -1.02. The summed E-state index contributed by atoms with van der Waals surface area (Å²) in [6, 6.07) is 0. The Morgan fingerprint density at radius 2 is 2.20 bits per heavy atom. The fourth-order valence-corrected chi connectivity index (χ4v) is 2.77. The number of hydrogen-bond acceptors (Lipinski definition) is 6. The van der Waals surface area contributed by atoms with Gasteiger partial charge in [0, 0.05) is 0 Å². The minimum Gasteiger partial charge on any atom is -0.330 e. The predicted molar refractivity (Wildman–Crippen MR) is 54.5 cm³/mol. The van der Waals surface area contributed by atoms with Gasteiger partial charge in [0.2, 0.25) is 0 Å². The molecule has 0 spiro atoms. The van der Waals surface area contributed by atoms with Crippen LogP contribution in [0.5, 0.6) is 0 Å². The van der Waals surface area contributed by atoms with Gasteiger partial charge in [0.1, 0.15) is 5.75 Å². The Labute approximate surface area is 88.6 Å². The van der Waals surface area contributed by atoms with E-state index < -0.39 is 9.84 Å². The fourth-order valence-electron chi connectivity index (χ4n) is 1.14. The Bertz CT molecular complexity index is 413. The van der Waals surface area contributed by atoms with Crippen molar-refractivity contribution < 1.29 is 8.42 Å². The molecule has 8 heteroatoms. The summed E-state index contributed by atoms with van der Waals surface area (Å²) >= 11 is 0. The molecule has 1 heterocycles. The molecule has 0 aromatic carbocycles. The molecule has 1 aromatic rings. The van der Waals surface area contributed by atoms with Gasteiger partial charge in [-0.25, -0.2) is 8.42 Å². The summed E-state index contributed by atoms with van der Waals surface area (Å²) in [7, 11) is -1.60. The van der Waals surface area contributed by atoms with E-state index in [1.54, 1.807) is 14.0 Å². The van der Waals surface area contributed by atoms with Gasteiger partial charge >= 0.3 is 0 Å². The molecular weight excluding hydrogens is 218 g/mol. The number of rotatable bonds is 5. The molecule has 0 saturated heterocycles. The quantitative estimate of drug-likeness (QED) is 0.679. The normalized spacial score (nSPS) is 14.1. The van der Waals surface area contributed by atoms with Gasteiger partial charge in [-0.3, -0.25) is 0 Å². The molecule has 0 amide bonds. The van der Waals surface area contributed by atoms with Gasteiger partial charge in [-0.2, -0.15) is 4.80 Å². The highest BCUT2D eigenvalue weighted by Crippen LogP contribution is 2.05. The van der Waals surface area contributed by atoms with Crippen LogP contribution < -0.4 is 5.73 Å². The van der Waals surface area contributed by atoms with Crippen molar-refractivity contribution in [3.63, 3.8) is 0 Å². The van der Waals surface area contributed by atoms with E-state index in [0.29, 0.717) is 6.54 Å².